The lowest BCUT2D eigenvalue weighted by molar-refractivity contribution is 0.568. The van der Waals surface area contributed by atoms with Gasteiger partial charge in [0, 0.05) is 13.1 Å². The van der Waals surface area contributed by atoms with Gasteiger partial charge in [-0.2, -0.15) is 15.0 Å². The molecule has 0 spiro atoms. The SMILES string of the molecule is NNc1nc(N)nc(N2CCCCC2)n1. The van der Waals surface area contributed by atoms with Crippen LogP contribution in [-0.4, -0.2) is 28.0 Å². The lowest BCUT2D eigenvalue weighted by Crippen LogP contribution is -2.31. The lowest BCUT2D eigenvalue weighted by atomic mass is 10.1. The van der Waals surface area contributed by atoms with E-state index < -0.39 is 0 Å². The zero-order valence-corrected chi connectivity index (χ0v) is 8.48. The molecule has 2 rings (SSSR count). The van der Waals surface area contributed by atoms with Crippen LogP contribution in [-0.2, 0) is 0 Å². The van der Waals surface area contributed by atoms with E-state index in [1.54, 1.807) is 0 Å². The molecular formula is C8H15N7. The molecule has 7 heteroatoms. The summed E-state index contributed by atoms with van der Waals surface area (Å²) in [5, 5.41) is 0. The molecule has 0 unspecified atom stereocenters. The molecule has 0 aliphatic carbocycles. The Morgan fingerprint density at radius 3 is 2.47 bits per heavy atom. The first-order chi connectivity index (χ1) is 7.29. The number of nitrogen functional groups attached to an aromatic ring is 2. The van der Waals surface area contributed by atoms with Gasteiger partial charge in [-0.05, 0) is 19.3 Å². The van der Waals surface area contributed by atoms with Gasteiger partial charge < -0.3 is 10.6 Å². The van der Waals surface area contributed by atoms with Gasteiger partial charge in [0.25, 0.3) is 0 Å². The maximum absolute atomic E-state index is 5.56. The second-order valence-corrected chi connectivity index (χ2v) is 3.51. The number of piperidine rings is 1. The zero-order valence-electron chi connectivity index (χ0n) is 8.48. The lowest BCUT2D eigenvalue weighted by Gasteiger charge is -2.26. The van der Waals surface area contributed by atoms with E-state index in [9.17, 15) is 0 Å². The van der Waals surface area contributed by atoms with Gasteiger partial charge in [-0.1, -0.05) is 0 Å². The van der Waals surface area contributed by atoms with Crippen molar-refractivity contribution in [3.8, 4) is 0 Å². The number of nitrogens with two attached hydrogens (primary N) is 2. The van der Waals surface area contributed by atoms with Crippen LogP contribution in [0.3, 0.4) is 0 Å². The van der Waals surface area contributed by atoms with Crippen LogP contribution in [0.15, 0.2) is 0 Å². The quantitative estimate of drug-likeness (QED) is 0.454. The number of hydrogen-bond donors (Lipinski definition) is 3. The van der Waals surface area contributed by atoms with Gasteiger partial charge >= 0.3 is 0 Å². The van der Waals surface area contributed by atoms with Crippen LogP contribution in [0.25, 0.3) is 0 Å². The topological polar surface area (TPSA) is 106 Å². The van der Waals surface area contributed by atoms with Gasteiger partial charge in [-0.3, -0.25) is 5.43 Å². The Hall–Kier alpha value is -1.63. The first kappa shape index (κ1) is 9.91. The summed E-state index contributed by atoms with van der Waals surface area (Å²) in [7, 11) is 0. The Labute approximate surface area is 87.9 Å². The number of rotatable bonds is 2. The van der Waals surface area contributed by atoms with Gasteiger partial charge in [-0.15, -0.1) is 0 Å². The van der Waals surface area contributed by atoms with Gasteiger partial charge in [0.2, 0.25) is 17.8 Å². The third-order valence-electron chi connectivity index (χ3n) is 2.41. The van der Waals surface area contributed by atoms with E-state index in [-0.39, 0.29) is 5.95 Å². The first-order valence-corrected chi connectivity index (χ1v) is 5.03. The minimum atomic E-state index is 0.193. The number of hydrogen-bond acceptors (Lipinski definition) is 7. The summed E-state index contributed by atoms with van der Waals surface area (Å²) in [5.41, 5.74) is 7.94. The van der Waals surface area contributed by atoms with Crippen LogP contribution in [0.4, 0.5) is 17.8 Å². The molecule has 0 aromatic carbocycles. The van der Waals surface area contributed by atoms with Crippen LogP contribution in [0.1, 0.15) is 19.3 Å². The normalized spacial score (nSPS) is 16.5. The van der Waals surface area contributed by atoms with E-state index in [4.69, 9.17) is 11.6 Å². The third kappa shape index (κ3) is 2.24. The molecule has 5 N–H and O–H groups in total. The van der Waals surface area contributed by atoms with Crippen LogP contribution in [0.2, 0.25) is 0 Å². The van der Waals surface area contributed by atoms with Crippen LogP contribution in [0.5, 0.6) is 0 Å². The molecule has 0 amide bonds. The minimum Gasteiger partial charge on any atom is -0.368 e. The van der Waals surface area contributed by atoms with Crippen molar-refractivity contribution in [2.75, 3.05) is 29.1 Å². The van der Waals surface area contributed by atoms with Gasteiger partial charge in [0.15, 0.2) is 0 Å². The van der Waals surface area contributed by atoms with Crippen molar-refractivity contribution in [3.05, 3.63) is 0 Å². The minimum absolute atomic E-state index is 0.193. The van der Waals surface area contributed by atoms with E-state index in [0.29, 0.717) is 11.9 Å². The monoisotopic (exact) mass is 209 g/mol. The summed E-state index contributed by atoms with van der Waals surface area (Å²) in [6.07, 6.45) is 3.59. The highest BCUT2D eigenvalue weighted by Crippen LogP contribution is 2.16. The Kier molecular flexibility index (Phi) is 2.82. The molecule has 1 aromatic rings. The molecule has 1 aromatic heterocycles. The Bertz CT molecular complexity index is 334. The first-order valence-electron chi connectivity index (χ1n) is 5.03. The van der Waals surface area contributed by atoms with Crippen LogP contribution < -0.4 is 21.9 Å². The highest BCUT2D eigenvalue weighted by atomic mass is 15.4. The van der Waals surface area contributed by atoms with E-state index in [1.807, 2.05) is 0 Å². The van der Waals surface area contributed by atoms with Gasteiger partial charge in [0.05, 0.1) is 0 Å². The number of nitrogens with one attached hydrogen (secondary N) is 1. The summed E-state index contributed by atoms with van der Waals surface area (Å²) in [6.45, 7) is 1.93. The molecule has 0 saturated carbocycles. The van der Waals surface area contributed by atoms with Crippen molar-refractivity contribution in [3.63, 3.8) is 0 Å². The predicted molar refractivity (Wildman–Crippen MR) is 58.1 cm³/mol. The zero-order chi connectivity index (χ0) is 10.7. The molecule has 1 aliphatic rings. The number of nitrogens with zero attached hydrogens (tertiary/aromatic N) is 4. The number of aromatic nitrogens is 3. The average molecular weight is 209 g/mol. The molecule has 1 saturated heterocycles. The van der Waals surface area contributed by atoms with Crippen molar-refractivity contribution in [1.29, 1.82) is 0 Å². The standard InChI is InChI=1S/C8H15N7/c9-6-11-7(14-10)13-8(12-6)15-4-2-1-3-5-15/h1-5,10H2,(H3,9,11,12,13,14). The largest absolute Gasteiger partial charge is 0.368 e. The highest BCUT2D eigenvalue weighted by molar-refractivity contribution is 5.41. The Morgan fingerprint density at radius 2 is 1.80 bits per heavy atom. The third-order valence-corrected chi connectivity index (χ3v) is 2.41. The smallest absolute Gasteiger partial charge is 0.243 e. The summed E-state index contributed by atoms with van der Waals surface area (Å²) < 4.78 is 0. The van der Waals surface area contributed by atoms with Crippen LogP contribution >= 0.6 is 0 Å². The highest BCUT2D eigenvalue weighted by Gasteiger charge is 2.14. The summed E-state index contributed by atoms with van der Waals surface area (Å²) in [6, 6.07) is 0. The van der Waals surface area contributed by atoms with Gasteiger partial charge in [-0.25, -0.2) is 5.84 Å². The fraction of sp³-hybridized carbons (Fsp3) is 0.625. The number of anilines is 3. The van der Waals surface area contributed by atoms with Crippen molar-refractivity contribution >= 4 is 17.8 Å². The number of hydrazine groups is 1. The predicted octanol–water partition coefficient (Wildman–Crippen LogP) is -0.270. The van der Waals surface area contributed by atoms with Crippen molar-refractivity contribution < 1.29 is 0 Å². The second-order valence-electron chi connectivity index (χ2n) is 3.51. The van der Waals surface area contributed by atoms with E-state index in [1.165, 1.54) is 6.42 Å². The average Bonchev–Trinajstić information content (AvgIpc) is 2.29. The Morgan fingerprint density at radius 1 is 1.07 bits per heavy atom. The second kappa shape index (κ2) is 4.26. The maximum atomic E-state index is 5.56. The summed E-state index contributed by atoms with van der Waals surface area (Å²) >= 11 is 0. The van der Waals surface area contributed by atoms with Crippen molar-refractivity contribution in [2.45, 2.75) is 19.3 Å². The van der Waals surface area contributed by atoms with Crippen molar-refractivity contribution in [1.82, 2.24) is 15.0 Å². The Balaban J connectivity index is 2.22. The van der Waals surface area contributed by atoms with E-state index >= 15 is 0 Å². The molecule has 0 radical (unpaired) electrons. The molecule has 0 bridgehead atoms. The fourth-order valence-electron chi connectivity index (χ4n) is 1.68. The molecular weight excluding hydrogens is 194 g/mol. The summed E-state index contributed by atoms with van der Waals surface area (Å²) in [4.78, 5) is 14.2. The van der Waals surface area contributed by atoms with Crippen LogP contribution in [0, 0.1) is 0 Å². The molecule has 1 aliphatic heterocycles. The molecule has 2 heterocycles. The molecule has 15 heavy (non-hydrogen) atoms. The van der Waals surface area contributed by atoms with Crippen molar-refractivity contribution in [2.24, 2.45) is 5.84 Å². The molecule has 82 valence electrons. The molecule has 7 nitrogen and oxygen atoms in total. The van der Waals surface area contributed by atoms with E-state index in [2.05, 4.69) is 25.3 Å². The van der Waals surface area contributed by atoms with E-state index in [0.717, 1.165) is 25.9 Å². The fourth-order valence-corrected chi connectivity index (χ4v) is 1.68. The maximum Gasteiger partial charge on any atom is 0.243 e. The molecule has 1 fully saturated rings. The van der Waals surface area contributed by atoms with Gasteiger partial charge in [0.1, 0.15) is 0 Å². The molecule has 0 atom stereocenters. The summed E-state index contributed by atoms with van der Waals surface area (Å²) in [5.74, 6) is 6.35.